The van der Waals surface area contributed by atoms with Gasteiger partial charge in [-0.25, -0.2) is 0 Å². The van der Waals surface area contributed by atoms with Gasteiger partial charge >= 0.3 is 11.9 Å². The summed E-state index contributed by atoms with van der Waals surface area (Å²) in [5, 5.41) is 9.72. The second-order valence-electron chi connectivity index (χ2n) is 26.8. The van der Waals surface area contributed by atoms with Crippen molar-refractivity contribution in [2.75, 3.05) is 13.2 Å². The predicted octanol–water partition coefficient (Wildman–Crippen LogP) is 27.1. The maximum atomic E-state index is 12.4. The molecule has 5 nitrogen and oxygen atoms in total. The number of carbonyl (C=O) groups excluding carboxylic acids is 2. The van der Waals surface area contributed by atoms with Gasteiger partial charge in [0.1, 0.15) is 6.61 Å². The number of aliphatic hydroxyl groups excluding tert-OH is 1. The Morgan fingerprint density at radius 2 is 0.440 bits per heavy atom. The number of allylic oxidation sites excluding steroid dienone is 4. The maximum Gasteiger partial charge on any atom is 0.306 e. The molecule has 0 radical (unpaired) electrons. The number of aliphatic hydroxyl groups is 1. The molecule has 0 saturated carbocycles. The molecule has 0 amide bonds. The average Bonchev–Trinajstić information content (AvgIpc) is 3.51. The topological polar surface area (TPSA) is 72.8 Å². The van der Waals surface area contributed by atoms with Crippen LogP contribution < -0.4 is 0 Å². The Morgan fingerprint density at radius 1 is 0.262 bits per heavy atom. The van der Waals surface area contributed by atoms with Crippen LogP contribution in [0.1, 0.15) is 450 Å². The minimum Gasteiger partial charge on any atom is -0.462 e. The van der Waals surface area contributed by atoms with E-state index in [4.69, 9.17) is 9.47 Å². The summed E-state index contributed by atoms with van der Waals surface area (Å²) in [5.41, 5.74) is 0. The van der Waals surface area contributed by atoms with Gasteiger partial charge in [0.05, 0.1) is 6.61 Å². The molecule has 84 heavy (non-hydrogen) atoms. The Bertz CT molecular complexity index is 1290. The first-order valence-electron chi connectivity index (χ1n) is 38.9. The fourth-order valence-electron chi connectivity index (χ4n) is 12.4. The van der Waals surface area contributed by atoms with Crippen molar-refractivity contribution in [1.29, 1.82) is 0 Å². The molecule has 0 spiro atoms. The zero-order chi connectivity index (χ0) is 60.5. The summed E-state index contributed by atoms with van der Waals surface area (Å²) in [6.07, 6.45) is 99.8. The third kappa shape index (κ3) is 72.9. The molecule has 0 saturated heterocycles. The molecule has 1 atom stereocenters. The van der Waals surface area contributed by atoms with Crippen LogP contribution in [0.4, 0.5) is 0 Å². The highest BCUT2D eigenvalue weighted by atomic mass is 16.6. The van der Waals surface area contributed by atoms with Gasteiger partial charge in [0.2, 0.25) is 0 Å². The predicted molar refractivity (Wildman–Crippen MR) is 372 cm³/mol. The molecule has 0 bridgehead atoms. The van der Waals surface area contributed by atoms with Gasteiger partial charge in [-0.2, -0.15) is 0 Å². The molecule has 0 rings (SSSR count). The van der Waals surface area contributed by atoms with Crippen LogP contribution in [0.2, 0.25) is 0 Å². The van der Waals surface area contributed by atoms with Crippen LogP contribution >= 0.6 is 0 Å². The summed E-state index contributed by atoms with van der Waals surface area (Å²) < 4.78 is 10.8. The Kier molecular flexibility index (Phi) is 74.2. The van der Waals surface area contributed by atoms with Crippen molar-refractivity contribution in [2.45, 2.75) is 457 Å². The molecule has 1 N–H and O–H groups in total. The van der Waals surface area contributed by atoms with E-state index in [1.165, 1.54) is 392 Å². The van der Waals surface area contributed by atoms with Crippen molar-refractivity contribution in [3.8, 4) is 0 Å². The second kappa shape index (κ2) is 75.6. The van der Waals surface area contributed by atoms with E-state index in [1.54, 1.807) is 0 Å². The quantitative estimate of drug-likeness (QED) is 0.0373. The van der Waals surface area contributed by atoms with Crippen molar-refractivity contribution in [1.82, 2.24) is 0 Å². The second-order valence-corrected chi connectivity index (χ2v) is 26.8. The smallest absolute Gasteiger partial charge is 0.306 e. The van der Waals surface area contributed by atoms with Crippen molar-refractivity contribution in [3.05, 3.63) is 24.3 Å². The van der Waals surface area contributed by atoms with Crippen LogP contribution in [-0.4, -0.2) is 36.4 Å². The molecule has 1 unspecified atom stereocenters. The van der Waals surface area contributed by atoms with Gasteiger partial charge in [0.25, 0.3) is 0 Å². The van der Waals surface area contributed by atoms with Gasteiger partial charge in [0, 0.05) is 12.8 Å². The summed E-state index contributed by atoms with van der Waals surface area (Å²) in [7, 11) is 0. The monoisotopic (exact) mass is 1180 g/mol. The van der Waals surface area contributed by atoms with Crippen molar-refractivity contribution >= 4 is 11.9 Å². The molecule has 0 aliphatic carbocycles. The van der Waals surface area contributed by atoms with Crippen molar-refractivity contribution in [3.63, 3.8) is 0 Å². The summed E-state index contributed by atoms with van der Waals surface area (Å²) in [5.74, 6) is -0.560. The molecule has 0 aromatic heterocycles. The minimum atomic E-state index is -0.769. The van der Waals surface area contributed by atoms with Crippen LogP contribution in [0.15, 0.2) is 24.3 Å². The van der Waals surface area contributed by atoms with E-state index in [2.05, 4.69) is 38.2 Å². The first-order chi connectivity index (χ1) is 41.6. The van der Waals surface area contributed by atoms with Crippen LogP contribution in [0.5, 0.6) is 0 Å². The molecule has 0 aromatic carbocycles. The van der Waals surface area contributed by atoms with E-state index < -0.39 is 6.10 Å². The van der Waals surface area contributed by atoms with Gasteiger partial charge < -0.3 is 14.6 Å². The lowest BCUT2D eigenvalue weighted by Crippen LogP contribution is -2.28. The van der Waals surface area contributed by atoms with Gasteiger partial charge in [-0.3, -0.25) is 9.59 Å². The highest BCUT2D eigenvalue weighted by Crippen LogP contribution is 2.20. The van der Waals surface area contributed by atoms with Crippen molar-refractivity contribution < 1.29 is 24.2 Å². The Morgan fingerprint density at radius 3 is 0.643 bits per heavy atom. The molecule has 0 fully saturated rings. The van der Waals surface area contributed by atoms with Crippen LogP contribution in [0.3, 0.4) is 0 Å². The molecule has 0 aliphatic heterocycles. The fraction of sp³-hybridized carbons (Fsp3) is 0.924. The highest BCUT2D eigenvalue weighted by Gasteiger charge is 2.16. The third-order valence-electron chi connectivity index (χ3n) is 18.2. The number of esters is 2. The molecule has 0 heterocycles. The molecule has 498 valence electrons. The Balaban J connectivity index is 3.35. The van der Waals surface area contributed by atoms with E-state index in [0.717, 1.165) is 32.1 Å². The van der Waals surface area contributed by atoms with Gasteiger partial charge in [-0.05, 0) is 64.2 Å². The van der Waals surface area contributed by atoms with Gasteiger partial charge in [-0.15, -0.1) is 0 Å². The van der Waals surface area contributed by atoms with Gasteiger partial charge in [0.15, 0.2) is 6.10 Å². The van der Waals surface area contributed by atoms with E-state index in [-0.39, 0.29) is 25.2 Å². The normalized spacial score (nSPS) is 12.2. The number of hydrogen-bond acceptors (Lipinski definition) is 5. The summed E-state index contributed by atoms with van der Waals surface area (Å²) in [4.78, 5) is 24.7. The largest absolute Gasteiger partial charge is 0.462 e. The third-order valence-corrected chi connectivity index (χ3v) is 18.2. The molecular formula is C79H152O5. The zero-order valence-corrected chi connectivity index (χ0v) is 57.5. The number of ether oxygens (including phenoxy) is 2. The lowest BCUT2D eigenvalue weighted by molar-refractivity contribution is -0.161. The lowest BCUT2D eigenvalue weighted by atomic mass is 10.0. The van der Waals surface area contributed by atoms with E-state index in [1.807, 2.05) is 0 Å². The number of carbonyl (C=O) groups is 2. The summed E-state index contributed by atoms with van der Waals surface area (Å²) in [6, 6.07) is 0. The highest BCUT2D eigenvalue weighted by molar-refractivity contribution is 5.70. The first kappa shape index (κ1) is 82.4. The fourth-order valence-corrected chi connectivity index (χ4v) is 12.4. The molecule has 0 aromatic rings. The number of hydrogen-bond donors (Lipinski definition) is 1. The Hall–Kier alpha value is -1.62. The maximum absolute atomic E-state index is 12.4. The molecule has 0 aliphatic rings. The summed E-state index contributed by atoms with van der Waals surface area (Å²) in [6.45, 7) is 4.22. The number of unbranched alkanes of at least 4 members (excludes halogenated alkanes) is 62. The molecular weight excluding hydrogens is 1030 g/mol. The lowest BCUT2D eigenvalue weighted by Gasteiger charge is -2.15. The zero-order valence-electron chi connectivity index (χ0n) is 57.5. The van der Waals surface area contributed by atoms with E-state index in [0.29, 0.717) is 12.8 Å². The van der Waals surface area contributed by atoms with Crippen LogP contribution in [0, 0.1) is 0 Å². The van der Waals surface area contributed by atoms with Crippen molar-refractivity contribution in [2.24, 2.45) is 0 Å². The first-order valence-corrected chi connectivity index (χ1v) is 38.9. The average molecular weight is 1180 g/mol. The Labute approximate surface area is 527 Å². The summed E-state index contributed by atoms with van der Waals surface area (Å²) >= 11 is 0. The van der Waals surface area contributed by atoms with Gasteiger partial charge in [-0.1, -0.05) is 398 Å². The molecule has 5 heteroatoms. The minimum absolute atomic E-state index is 0.0574. The van der Waals surface area contributed by atoms with E-state index in [9.17, 15) is 14.7 Å². The van der Waals surface area contributed by atoms with Crippen LogP contribution in [-0.2, 0) is 19.1 Å². The standard InChI is InChI=1S/C79H152O5/c1-3-5-7-9-11-13-15-17-19-21-23-25-27-29-31-33-35-37-38-39-40-42-44-46-48-50-52-54-56-58-60-62-64-66-68-70-72-74-79(82)84-77(75-80)76-83-78(81)73-71-69-67-65-63-61-59-57-55-53-51-49-47-45-43-41-36-34-32-30-28-26-24-22-20-18-16-14-12-10-8-6-4-2/h21-24,77,80H,3-20,25-76H2,1-2H3/b23-21-,24-22-. The SMILES string of the molecule is CCCCCCCCCC/C=C\CCCCCCCCCCCCCCCCCCCCCCCCCCCC(=O)OC(CO)COC(=O)CCCCCCCCCCCCCCCCCCCCCCC/C=C\CCCCCCCCCC. The van der Waals surface area contributed by atoms with E-state index >= 15 is 0 Å². The number of rotatable bonds is 74. The van der Waals surface area contributed by atoms with Crippen LogP contribution in [0.25, 0.3) is 0 Å².